The number of aliphatic hydroxyl groups excluding tert-OH is 1. The molecule has 2 nitrogen and oxygen atoms in total. The lowest BCUT2D eigenvalue weighted by atomic mass is 9.79. The van der Waals surface area contributed by atoms with Crippen LogP contribution in [0.25, 0.3) is 10.9 Å². The standard InChI is InChI=1S/C16H23NO/c1-10(2)15(11(3)4)16(18)13-9-17-14-8-6-5-7-12(13)14/h5-11,15-18H,1-4H3. The molecule has 0 amide bonds. The summed E-state index contributed by atoms with van der Waals surface area (Å²) in [4.78, 5) is 3.24. The first-order valence-corrected chi connectivity index (χ1v) is 6.76. The number of aliphatic hydroxyl groups is 1. The van der Waals surface area contributed by atoms with E-state index in [2.05, 4.69) is 38.7 Å². The second kappa shape index (κ2) is 5.15. The van der Waals surface area contributed by atoms with Crippen molar-refractivity contribution in [2.45, 2.75) is 33.8 Å². The molecule has 0 saturated carbocycles. The summed E-state index contributed by atoms with van der Waals surface area (Å²) in [6, 6.07) is 8.15. The van der Waals surface area contributed by atoms with Crippen LogP contribution in [0.3, 0.4) is 0 Å². The van der Waals surface area contributed by atoms with E-state index in [1.807, 2.05) is 24.4 Å². The van der Waals surface area contributed by atoms with Crippen LogP contribution >= 0.6 is 0 Å². The van der Waals surface area contributed by atoms with Gasteiger partial charge in [0.1, 0.15) is 0 Å². The van der Waals surface area contributed by atoms with Crippen molar-refractivity contribution in [3.05, 3.63) is 36.0 Å². The van der Waals surface area contributed by atoms with Gasteiger partial charge in [-0.25, -0.2) is 0 Å². The Labute approximate surface area is 109 Å². The smallest absolute Gasteiger partial charge is 0.0843 e. The van der Waals surface area contributed by atoms with Gasteiger partial charge >= 0.3 is 0 Å². The van der Waals surface area contributed by atoms with E-state index in [0.29, 0.717) is 11.8 Å². The highest BCUT2D eigenvalue weighted by molar-refractivity contribution is 5.83. The van der Waals surface area contributed by atoms with Gasteiger partial charge in [-0.1, -0.05) is 45.9 Å². The molecule has 0 radical (unpaired) electrons. The van der Waals surface area contributed by atoms with E-state index in [0.717, 1.165) is 16.5 Å². The second-order valence-corrected chi connectivity index (χ2v) is 5.80. The quantitative estimate of drug-likeness (QED) is 0.834. The molecule has 1 atom stereocenters. The number of aromatic amines is 1. The molecular formula is C16H23NO. The van der Waals surface area contributed by atoms with Crippen LogP contribution in [0.1, 0.15) is 39.4 Å². The number of benzene rings is 1. The number of hydrogen-bond acceptors (Lipinski definition) is 1. The average molecular weight is 245 g/mol. The first-order valence-electron chi connectivity index (χ1n) is 6.76. The Morgan fingerprint density at radius 1 is 1.00 bits per heavy atom. The number of para-hydroxylation sites is 1. The fraction of sp³-hybridized carbons (Fsp3) is 0.500. The van der Waals surface area contributed by atoms with Gasteiger partial charge in [-0.05, 0) is 23.8 Å². The van der Waals surface area contributed by atoms with Gasteiger partial charge in [-0.2, -0.15) is 0 Å². The lowest BCUT2D eigenvalue weighted by Crippen LogP contribution is -2.23. The summed E-state index contributed by atoms with van der Waals surface area (Å²) in [5.41, 5.74) is 2.12. The van der Waals surface area contributed by atoms with Crippen molar-refractivity contribution >= 4 is 10.9 Å². The predicted molar refractivity (Wildman–Crippen MR) is 76.4 cm³/mol. The zero-order valence-electron chi connectivity index (χ0n) is 11.6. The third-order valence-corrected chi connectivity index (χ3v) is 3.84. The van der Waals surface area contributed by atoms with E-state index in [-0.39, 0.29) is 5.92 Å². The molecule has 18 heavy (non-hydrogen) atoms. The van der Waals surface area contributed by atoms with Gasteiger partial charge in [0.25, 0.3) is 0 Å². The van der Waals surface area contributed by atoms with Gasteiger partial charge < -0.3 is 10.1 Å². The highest BCUT2D eigenvalue weighted by atomic mass is 16.3. The molecule has 0 aliphatic carbocycles. The molecule has 0 aliphatic heterocycles. The fourth-order valence-corrected chi connectivity index (χ4v) is 3.04. The molecule has 2 N–H and O–H groups in total. The van der Waals surface area contributed by atoms with Gasteiger partial charge in [0, 0.05) is 22.7 Å². The maximum absolute atomic E-state index is 10.7. The predicted octanol–water partition coefficient (Wildman–Crippen LogP) is 4.13. The minimum atomic E-state index is -0.402. The van der Waals surface area contributed by atoms with E-state index in [4.69, 9.17) is 0 Å². The van der Waals surface area contributed by atoms with Crippen LogP contribution in [0.5, 0.6) is 0 Å². The zero-order valence-corrected chi connectivity index (χ0v) is 11.6. The molecule has 1 unspecified atom stereocenters. The first-order chi connectivity index (χ1) is 8.52. The molecule has 0 bridgehead atoms. The molecule has 2 rings (SSSR count). The molecule has 1 heterocycles. The Morgan fingerprint density at radius 3 is 2.22 bits per heavy atom. The minimum Gasteiger partial charge on any atom is -0.388 e. The number of aromatic nitrogens is 1. The Morgan fingerprint density at radius 2 is 1.61 bits per heavy atom. The Kier molecular flexibility index (Phi) is 3.76. The summed E-state index contributed by atoms with van der Waals surface area (Å²) in [6.45, 7) is 8.73. The van der Waals surface area contributed by atoms with E-state index in [9.17, 15) is 5.11 Å². The summed E-state index contributed by atoms with van der Waals surface area (Å²) >= 11 is 0. The fourth-order valence-electron chi connectivity index (χ4n) is 3.04. The zero-order chi connectivity index (χ0) is 13.3. The van der Waals surface area contributed by atoms with E-state index < -0.39 is 6.10 Å². The van der Waals surface area contributed by atoms with Crippen LogP contribution in [0, 0.1) is 17.8 Å². The summed E-state index contributed by atoms with van der Waals surface area (Å²) in [7, 11) is 0. The Balaban J connectivity index is 2.41. The summed E-state index contributed by atoms with van der Waals surface area (Å²) < 4.78 is 0. The SMILES string of the molecule is CC(C)C(C(C)C)C(O)c1c[nH]c2ccccc12. The van der Waals surface area contributed by atoms with Gasteiger partial charge in [0.05, 0.1) is 6.10 Å². The van der Waals surface area contributed by atoms with Gasteiger partial charge in [-0.15, -0.1) is 0 Å². The number of H-pyrrole nitrogens is 1. The third kappa shape index (κ3) is 2.30. The molecule has 0 saturated heterocycles. The topological polar surface area (TPSA) is 36.0 Å². The molecule has 0 fully saturated rings. The van der Waals surface area contributed by atoms with Gasteiger partial charge in [-0.3, -0.25) is 0 Å². The second-order valence-electron chi connectivity index (χ2n) is 5.80. The molecule has 0 aliphatic rings. The molecule has 0 spiro atoms. The number of nitrogens with one attached hydrogen (secondary N) is 1. The highest BCUT2D eigenvalue weighted by Crippen LogP contribution is 2.36. The Bertz CT molecular complexity index is 505. The summed E-state index contributed by atoms with van der Waals surface area (Å²) in [6.07, 6.45) is 1.55. The molecular weight excluding hydrogens is 222 g/mol. The maximum atomic E-state index is 10.7. The molecule has 2 heteroatoms. The van der Waals surface area contributed by atoms with Gasteiger partial charge in [0.15, 0.2) is 0 Å². The van der Waals surface area contributed by atoms with Crippen molar-refractivity contribution in [2.75, 3.05) is 0 Å². The van der Waals surface area contributed by atoms with Crippen LogP contribution in [0.15, 0.2) is 30.5 Å². The van der Waals surface area contributed by atoms with Crippen LogP contribution < -0.4 is 0 Å². The van der Waals surface area contributed by atoms with E-state index in [1.165, 1.54) is 0 Å². The van der Waals surface area contributed by atoms with Crippen LogP contribution in [-0.2, 0) is 0 Å². The van der Waals surface area contributed by atoms with Crippen molar-refractivity contribution in [1.29, 1.82) is 0 Å². The van der Waals surface area contributed by atoms with Crippen LogP contribution in [0.4, 0.5) is 0 Å². The van der Waals surface area contributed by atoms with Crippen molar-refractivity contribution in [3.63, 3.8) is 0 Å². The minimum absolute atomic E-state index is 0.282. The molecule has 1 aromatic carbocycles. The van der Waals surface area contributed by atoms with Gasteiger partial charge in [0.2, 0.25) is 0 Å². The van der Waals surface area contributed by atoms with Crippen molar-refractivity contribution in [1.82, 2.24) is 4.98 Å². The van der Waals surface area contributed by atoms with Crippen molar-refractivity contribution in [2.24, 2.45) is 17.8 Å². The summed E-state index contributed by atoms with van der Waals surface area (Å²) in [5.74, 6) is 1.21. The average Bonchev–Trinajstić information content (AvgIpc) is 2.71. The maximum Gasteiger partial charge on any atom is 0.0843 e. The summed E-state index contributed by atoms with van der Waals surface area (Å²) in [5, 5.41) is 11.8. The van der Waals surface area contributed by atoms with E-state index >= 15 is 0 Å². The number of fused-ring (bicyclic) bond motifs is 1. The van der Waals surface area contributed by atoms with Crippen molar-refractivity contribution < 1.29 is 5.11 Å². The molecule has 2 aromatic rings. The molecule has 1 aromatic heterocycles. The van der Waals surface area contributed by atoms with E-state index in [1.54, 1.807) is 0 Å². The number of rotatable bonds is 4. The Hall–Kier alpha value is -1.28. The monoisotopic (exact) mass is 245 g/mol. The van der Waals surface area contributed by atoms with Crippen molar-refractivity contribution in [3.8, 4) is 0 Å². The normalized spacial score (nSPS) is 14.0. The van der Waals surface area contributed by atoms with Crippen LogP contribution in [0.2, 0.25) is 0 Å². The number of hydrogen-bond donors (Lipinski definition) is 2. The lowest BCUT2D eigenvalue weighted by molar-refractivity contribution is 0.0536. The largest absolute Gasteiger partial charge is 0.388 e. The van der Waals surface area contributed by atoms with Crippen LogP contribution in [-0.4, -0.2) is 10.1 Å². The first kappa shape index (κ1) is 13.2. The lowest BCUT2D eigenvalue weighted by Gasteiger charge is -2.29. The third-order valence-electron chi connectivity index (χ3n) is 3.84. The highest BCUT2D eigenvalue weighted by Gasteiger charge is 2.28. The molecule has 98 valence electrons.